The van der Waals surface area contributed by atoms with Gasteiger partial charge in [-0.2, -0.15) is 4.31 Å². The van der Waals surface area contributed by atoms with Crippen LogP contribution in [-0.2, 0) is 39.1 Å². The molecule has 0 saturated heterocycles. The zero-order valence-corrected chi connectivity index (χ0v) is 26.7. The molecule has 3 aromatic rings. The Balaban J connectivity index is 1.42. The van der Waals surface area contributed by atoms with Crippen LogP contribution in [0.5, 0.6) is 5.75 Å². The summed E-state index contributed by atoms with van der Waals surface area (Å²) in [6, 6.07) is 16.0. The Kier molecular flexibility index (Phi) is 10.1. The first kappa shape index (κ1) is 31.7. The largest absolute Gasteiger partial charge is 0.496 e. The lowest BCUT2D eigenvalue weighted by Gasteiger charge is -2.38. The first-order valence-electron chi connectivity index (χ1n) is 14.3. The van der Waals surface area contributed by atoms with Gasteiger partial charge in [0.25, 0.3) is 0 Å². The third kappa shape index (κ3) is 6.72. The Hall–Kier alpha value is -3.18. The van der Waals surface area contributed by atoms with Crippen LogP contribution < -0.4 is 4.74 Å². The Labute approximate surface area is 250 Å². The van der Waals surface area contributed by atoms with Gasteiger partial charge in [-0.1, -0.05) is 30.3 Å². The molecule has 1 aliphatic rings. The number of hydrogen-bond donors (Lipinski definition) is 0. The van der Waals surface area contributed by atoms with Crippen molar-refractivity contribution >= 4 is 15.9 Å². The highest BCUT2D eigenvalue weighted by molar-refractivity contribution is 7.89. The highest BCUT2D eigenvalue weighted by atomic mass is 32.2. The summed E-state index contributed by atoms with van der Waals surface area (Å²) >= 11 is 0. The van der Waals surface area contributed by atoms with Gasteiger partial charge in [0, 0.05) is 44.6 Å². The van der Waals surface area contributed by atoms with E-state index in [4.69, 9.17) is 9.47 Å². The van der Waals surface area contributed by atoms with Gasteiger partial charge in [-0.25, -0.2) is 8.42 Å². The van der Waals surface area contributed by atoms with Crippen molar-refractivity contribution in [2.45, 2.75) is 51.2 Å². The van der Waals surface area contributed by atoms with Crippen molar-refractivity contribution in [2.75, 3.05) is 54.6 Å². The molecule has 1 atom stereocenters. The maximum atomic E-state index is 13.5. The number of sulfonamides is 1. The summed E-state index contributed by atoms with van der Waals surface area (Å²) in [4.78, 5) is 17.8. The molecule has 1 aliphatic heterocycles. The molecule has 42 heavy (non-hydrogen) atoms. The predicted octanol–water partition coefficient (Wildman–Crippen LogP) is 3.95. The molecule has 1 aromatic heterocycles. The zero-order valence-electron chi connectivity index (χ0n) is 25.9. The topological polar surface area (TPSA) is 84.3 Å². The van der Waals surface area contributed by atoms with Gasteiger partial charge in [-0.05, 0) is 81.7 Å². The summed E-state index contributed by atoms with van der Waals surface area (Å²) < 4.78 is 41.6. The van der Waals surface area contributed by atoms with Gasteiger partial charge in [0.05, 0.1) is 24.7 Å². The van der Waals surface area contributed by atoms with Crippen molar-refractivity contribution in [3.05, 3.63) is 82.2 Å². The fourth-order valence-corrected chi connectivity index (χ4v) is 7.27. The molecular formula is C32H44N4O5S. The van der Waals surface area contributed by atoms with Crippen LogP contribution in [0.4, 0.5) is 0 Å². The van der Waals surface area contributed by atoms with E-state index in [-0.39, 0.29) is 36.6 Å². The molecule has 0 radical (unpaired) electrons. The van der Waals surface area contributed by atoms with Crippen LogP contribution in [0, 0.1) is 20.8 Å². The van der Waals surface area contributed by atoms with E-state index in [1.54, 1.807) is 20.1 Å². The fourth-order valence-electron chi connectivity index (χ4n) is 5.75. The third-order valence-electron chi connectivity index (χ3n) is 8.10. The lowest BCUT2D eigenvalue weighted by molar-refractivity contribution is -0.139. The maximum absolute atomic E-state index is 13.5. The van der Waals surface area contributed by atoms with E-state index >= 15 is 0 Å². The Bertz CT molecular complexity index is 1500. The molecule has 0 N–H and O–H groups in total. The lowest BCUT2D eigenvalue weighted by Crippen LogP contribution is -2.45. The number of hydrogen-bond acceptors (Lipinski definition) is 6. The molecule has 2 heterocycles. The molecule has 0 fully saturated rings. The van der Waals surface area contributed by atoms with Crippen LogP contribution in [0.15, 0.2) is 53.4 Å². The average molecular weight is 597 g/mol. The van der Waals surface area contributed by atoms with E-state index in [0.29, 0.717) is 24.3 Å². The summed E-state index contributed by atoms with van der Waals surface area (Å²) in [6.07, 6.45) is 0.707. The molecule has 1 amide bonds. The van der Waals surface area contributed by atoms with Crippen LogP contribution in [0.25, 0.3) is 0 Å². The Morgan fingerprint density at radius 2 is 1.71 bits per heavy atom. The normalized spacial score (nSPS) is 15.4. The number of rotatable bonds is 12. The molecule has 0 spiro atoms. The Morgan fingerprint density at radius 3 is 2.38 bits per heavy atom. The van der Waals surface area contributed by atoms with Crippen molar-refractivity contribution in [1.29, 1.82) is 0 Å². The second-order valence-corrected chi connectivity index (χ2v) is 13.3. The minimum atomic E-state index is -3.75. The summed E-state index contributed by atoms with van der Waals surface area (Å²) in [7, 11) is 3.49. The van der Waals surface area contributed by atoms with Crippen LogP contribution in [-0.4, -0.2) is 87.6 Å². The van der Waals surface area contributed by atoms with E-state index in [2.05, 4.69) is 47.8 Å². The zero-order chi connectivity index (χ0) is 30.6. The number of aromatic nitrogens is 1. The molecule has 1 unspecified atom stereocenters. The number of nitrogens with zero attached hydrogens (tertiary/aromatic N) is 4. The molecular weight excluding hydrogens is 552 g/mol. The van der Waals surface area contributed by atoms with Crippen LogP contribution in [0.1, 0.15) is 39.7 Å². The van der Waals surface area contributed by atoms with E-state index in [9.17, 15) is 13.2 Å². The van der Waals surface area contributed by atoms with Crippen molar-refractivity contribution in [3.63, 3.8) is 0 Å². The van der Waals surface area contributed by atoms with Gasteiger partial charge in [0.15, 0.2) is 0 Å². The minimum Gasteiger partial charge on any atom is -0.496 e. The highest BCUT2D eigenvalue weighted by Gasteiger charge is 2.32. The van der Waals surface area contributed by atoms with Crippen LogP contribution in [0.2, 0.25) is 0 Å². The van der Waals surface area contributed by atoms with Crippen molar-refractivity contribution < 1.29 is 22.7 Å². The maximum Gasteiger partial charge on any atom is 0.249 e. The van der Waals surface area contributed by atoms with E-state index in [1.165, 1.54) is 17.0 Å². The lowest BCUT2D eigenvalue weighted by atomic mass is 10.00. The number of carbonyl (C=O) groups excluding carboxylic acids is 1. The van der Waals surface area contributed by atoms with Gasteiger partial charge in [0.1, 0.15) is 12.4 Å². The average Bonchev–Trinajstić information content (AvgIpc) is 3.36. The fraction of sp³-hybridized carbons (Fsp3) is 0.469. The number of aryl methyl sites for hydroxylation is 1. The smallest absolute Gasteiger partial charge is 0.249 e. The molecule has 2 aromatic carbocycles. The van der Waals surface area contributed by atoms with Gasteiger partial charge < -0.3 is 23.8 Å². The second-order valence-electron chi connectivity index (χ2n) is 11.3. The monoisotopic (exact) mass is 596 g/mol. The number of amides is 1. The first-order chi connectivity index (χ1) is 19.9. The molecule has 0 bridgehead atoms. The van der Waals surface area contributed by atoms with Gasteiger partial charge >= 0.3 is 0 Å². The number of fused-ring (bicyclic) bond motifs is 1. The number of carbonyl (C=O) groups is 1. The van der Waals surface area contributed by atoms with Crippen LogP contribution >= 0.6 is 0 Å². The highest BCUT2D eigenvalue weighted by Crippen LogP contribution is 2.33. The van der Waals surface area contributed by atoms with Gasteiger partial charge in [0.2, 0.25) is 15.9 Å². The number of likely N-dealkylation sites (N-methyl/N-ethyl adjacent to an activating group) is 1. The number of ether oxygens (including phenoxy) is 2. The molecule has 0 saturated carbocycles. The van der Waals surface area contributed by atoms with Crippen LogP contribution in [0.3, 0.4) is 0 Å². The second kappa shape index (κ2) is 13.4. The molecule has 228 valence electrons. The molecule has 4 rings (SSSR count). The third-order valence-corrected chi connectivity index (χ3v) is 10.1. The van der Waals surface area contributed by atoms with Crippen molar-refractivity contribution in [3.8, 4) is 5.75 Å². The van der Waals surface area contributed by atoms with Gasteiger partial charge in [-0.3, -0.25) is 4.79 Å². The Morgan fingerprint density at radius 1 is 1.00 bits per heavy atom. The summed E-state index contributed by atoms with van der Waals surface area (Å²) in [5, 5.41) is 0. The van der Waals surface area contributed by atoms with Gasteiger partial charge in [-0.15, -0.1) is 0 Å². The summed E-state index contributed by atoms with van der Waals surface area (Å²) in [5.41, 5.74) is 5.75. The standard InChI is InChI=1S/C32H44N4O5S/c1-23-19-30(24(2)25(3)32(23)40-7)42(38,39)34(6)17-18-41-22-31(37)36-16-15-35-27(21-33(4)5)13-14-28(35)29(36)20-26-11-9-8-10-12-26/h8-14,19,29H,15-18,20-22H2,1-7H3. The van der Waals surface area contributed by atoms with E-state index in [0.717, 1.165) is 35.5 Å². The molecule has 9 nitrogen and oxygen atoms in total. The first-order valence-corrected chi connectivity index (χ1v) is 15.7. The van der Waals surface area contributed by atoms with E-state index < -0.39 is 10.0 Å². The van der Waals surface area contributed by atoms with Crippen molar-refractivity contribution in [1.82, 2.24) is 18.7 Å². The number of benzene rings is 2. The molecule has 0 aliphatic carbocycles. The van der Waals surface area contributed by atoms with Crippen molar-refractivity contribution in [2.24, 2.45) is 0 Å². The predicted molar refractivity (Wildman–Crippen MR) is 164 cm³/mol. The summed E-state index contributed by atoms with van der Waals surface area (Å²) in [5.74, 6) is 0.598. The number of methoxy groups -OCH3 is 1. The minimum absolute atomic E-state index is 0.0969. The molecule has 10 heteroatoms. The quantitative estimate of drug-likeness (QED) is 0.295. The summed E-state index contributed by atoms with van der Waals surface area (Å²) in [6.45, 7) is 7.77. The van der Waals surface area contributed by atoms with E-state index in [1.807, 2.05) is 36.9 Å². The SMILES string of the molecule is COc1c(C)cc(S(=O)(=O)N(C)CCOCC(=O)N2CCn3c(CN(C)C)ccc3C2Cc2ccccc2)c(C)c1C.